The molecule has 200 valence electrons. The van der Waals surface area contributed by atoms with E-state index >= 15 is 0 Å². The Kier molecular flexibility index (Phi) is 8.68. The summed E-state index contributed by atoms with van der Waals surface area (Å²) in [6, 6.07) is 21.0. The van der Waals surface area contributed by atoms with Crippen LogP contribution in [0.5, 0.6) is 11.5 Å². The van der Waals surface area contributed by atoms with Crippen LogP contribution in [0.4, 0.5) is 0 Å². The van der Waals surface area contributed by atoms with Crippen LogP contribution >= 0.6 is 15.9 Å². The molecule has 0 aliphatic heterocycles. The van der Waals surface area contributed by atoms with Gasteiger partial charge in [-0.3, -0.25) is 0 Å². The molecule has 0 saturated carbocycles. The maximum Gasteiger partial charge on any atom is 0.249 e. The first-order valence-corrected chi connectivity index (χ1v) is 13.9. The highest BCUT2D eigenvalue weighted by atomic mass is 79.9. The molecule has 0 spiro atoms. The smallest absolute Gasteiger partial charge is 0.249 e. The van der Waals surface area contributed by atoms with Gasteiger partial charge in [0, 0.05) is 21.2 Å². The van der Waals surface area contributed by atoms with Crippen LogP contribution in [0.3, 0.4) is 0 Å². The Morgan fingerprint density at radius 3 is 1.51 bits per heavy atom. The van der Waals surface area contributed by atoms with Crippen LogP contribution in [-0.2, 0) is 0 Å². The van der Waals surface area contributed by atoms with Crippen LogP contribution in [0.25, 0.3) is 45.8 Å². The molecule has 0 radical (unpaired) electrons. The zero-order valence-corrected chi connectivity index (χ0v) is 23.5. The third-order valence-corrected chi connectivity index (χ3v) is 6.69. The van der Waals surface area contributed by atoms with Gasteiger partial charge in [-0.15, -0.1) is 20.4 Å². The molecule has 0 aliphatic rings. The molecule has 8 nitrogen and oxygen atoms in total. The summed E-state index contributed by atoms with van der Waals surface area (Å²) < 4.78 is 24.1. The molecule has 2 aromatic heterocycles. The minimum Gasteiger partial charge on any atom is -0.494 e. The zero-order valence-electron chi connectivity index (χ0n) is 21.9. The number of ether oxygens (including phenoxy) is 2. The predicted molar refractivity (Wildman–Crippen MR) is 152 cm³/mol. The predicted octanol–water partition coefficient (Wildman–Crippen LogP) is 8.24. The Bertz CT molecular complexity index is 1500. The van der Waals surface area contributed by atoms with Gasteiger partial charge < -0.3 is 18.3 Å². The Morgan fingerprint density at radius 2 is 1.03 bits per heavy atom. The maximum atomic E-state index is 5.97. The van der Waals surface area contributed by atoms with E-state index in [0.717, 1.165) is 63.9 Å². The first kappa shape index (κ1) is 26.6. The highest BCUT2D eigenvalue weighted by Crippen LogP contribution is 2.34. The second-order valence-electron chi connectivity index (χ2n) is 8.97. The second-order valence-corrected chi connectivity index (χ2v) is 9.83. The molecule has 0 saturated heterocycles. The van der Waals surface area contributed by atoms with Gasteiger partial charge in [0.15, 0.2) is 0 Å². The van der Waals surface area contributed by atoms with Crippen molar-refractivity contribution in [1.29, 1.82) is 0 Å². The molecule has 0 unspecified atom stereocenters. The van der Waals surface area contributed by atoms with E-state index in [2.05, 4.69) is 50.2 Å². The summed E-state index contributed by atoms with van der Waals surface area (Å²) in [4.78, 5) is 0. The SMILES string of the molecule is CCCCOc1ccc(-c2nnc(-c3ccc(-c4nnc(-c5ccc(OCCCC)cc5)o4)c(Br)c3)o2)cc1. The summed E-state index contributed by atoms with van der Waals surface area (Å²) in [7, 11) is 0. The molecule has 0 amide bonds. The van der Waals surface area contributed by atoms with Gasteiger partial charge in [-0.05, 0) is 95.5 Å². The van der Waals surface area contributed by atoms with Crippen molar-refractivity contribution >= 4 is 15.9 Å². The number of benzene rings is 3. The summed E-state index contributed by atoms with van der Waals surface area (Å²) in [5.74, 6) is 3.33. The summed E-state index contributed by atoms with van der Waals surface area (Å²) in [5, 5.41) is 16.9. The van der Waals surface area contributed by atoms with Crippen molar-refractivity contribution in [3.63, 3.8) is 0 Å². The zero-order chi connectivity index (χ0) is 27.0. The standard InChI is InChI=1S/C30H29BrN4O4/c1-3-5-17-36-23-12-7-20(8-13-23)27-32-34-29(38-27)22-11-16-25(26(31)19-22)30-35-33-28(39-30)21-9-14-24(15-10-21)37-18-6-4-2/h7-16,19H,3-6,17-18H2,1-2H3. The van der Waals surface area contributed by atoms with Gasteiger partial charge in [-0.1, -0.05) is 26.7 Å². The number of rotatable bonds is 12. The first-order valence-electron chi connectivity index (χ1n) is 13.1. The van der Waals surface area contributed by atoms with E-state index in [1.165, 1.54) is 0 Å². The number of hydrogen-bond donors (Lipinski definition) is 0. The lowest BCUT2D eigenvalue weighted by Gasteiger charge is -2.05. The van der Waals surface area contributed by atoms with Crippen molar-refractivity contribution in [1.82, 2.24) is 20.4 Å². The van der Waals surface area contributed by atoms with Crippen molar-refractivity contribution in [2.75, 3.05) is 13.2 Å². The lowest BCUT2D eigenvalue weighted by Crippen LogP contribution is -1.95. The van der Waals surface area contributed by atoms with Crippen LogP contribution in [0.2, 0.25) is 0 Å². The van der Waals surface area contributed by atoms with Gasteiger partial charge in [-0.25, -0.2) is 0 Å². The quantitative estimate of drug-likeness (QED) is 0.134. The highest BCUT2D eigenvalue weighted by molar-refractivity contribution is 9.10. The van der Waals surface area contributed by atoms with Crippen molar-refractivity contribution in [2.45, 2.75) is 39.5 Å². The summed E-state index contributed by atoms with van der Waals surface area (Å²) >= 11 is 3.62. The minimum absolute atomic E-state index is 0.402. The molecule has 5 rings (SSSR count). The van der Waals surface area contributed by atoms with E-state index in [0.29, 0.717) is 36.8 Å². The Balaban J connectivity index is 1.27. The number of aromatic nitrogens is 4. The molecule has 3 aromatic carbocycles. The van der Waals surface area contributed by atoms with Gasteiger partial charge in [0.05, 0.1) is 18.8 Å². The lowest BCUT2D eigenvalue weighted by atomic mass is 10.1. The molecule has 0 fully saturated rings. The minimum atomic E-state index is 0.402. The van der Waals surface area contributed by atoms with Crippen LogP contribution in [0, 0.1) is 0 Å². The topological polar surface area (TPSA) is 96.3 Å². The van der Waals surface area contributed by atoms with E-state index in [4.69, 9.17) is 18.3 Å². The molecule has 0 atom stereocenters. The second kappa shape index (κ2) is 12.7. The summed E-state index contributed by atoms with van der Waals surface area (Å²) in [5.41, 5.74) is 3.17. The van der Waals surface area contributed by atoms with Crippen molar-refractivity contribution in [3.8, 4) is 57.3 Å². The highest BCUT2D eigenvalue weighted by Gasteiger charge is 2.17. The van der Waals surface area contributed by atoms with E-state index in [1.807, 2.05) is 66.7 Å². The monoisotopic (exact) mass is 588 g/mol. The van der Waals surface area contributed by atoms with Crippen molar-refractivity contribution < 1.29 is 18.3 Å². The molecular formula is C30H29BrN4O4. The molecule has 0 bridgehead atoms. The summed E-state index contributed by atoms with van der Waals surface area (Å²) in [6.07, 6.45) is 4.25. The fourth-order valence-corrected chi connectivity index (χ4v) is 4.33. The fraction of sp³-hybridized carbons (Fsp3) is 0.267. The normalized spacial score (nSPS) is 11.1. The fourth-order valence-electron chi connectivity index (χ4n) is 3.78. The van der Waals surface area contributed by atoms with E-state index in [1.54, 1.807) is 0 Å². The van der Waals surface area contributed by atoms with Crippen LogP contribution in [0.15, 0.2) is 80.0 Å². The largest absolute Gasteiger partial charge is 0.494 e. The Labute approximate surface area is 235 Å². The molecule has 0 N–H and O–H groups in total. The van der Waals surface area contributed by atoms with Crippen LogP contribution in [-0.4, -0.2) is 33.6 Å². The van der Waals surface area contributed by atoms with Gasteiger partial charge >= 0.3 is 0 Å². The molecule has 39 heavy (non-hydrogen) atoms. The van der Waals surface area contributed by atoms with Gasteiger partial charge in [-0.2, -0.15) is 0 Å². The number of halogens is 1. The third-order valence-electron chi connectivity index (χ3n) is 6.03. The molecule has 2 heterocycles. The number of hydrogen-bond acceptors (Lipinski definition) is 8. The third kappa shape index (κ3) is 6.54. The molecular weight excluding hydrogens is 560 g/mol. The first-order chi connectivity index (χ1) is 19.1. The van der Waals surface area contributed by atoms with E-state index in [-0.39, 0.29) is 0 Å². The van der Waals surface area contributed by atoms with E-state index < -0.39 is 0 Å². The Morgan fingerprint density at radius 1 is 0.590 bits per heavy atom. The van der Waals surface area contributed by atoms with Crippen molar-refractivity contribution in [2.24, 2.45) is 0 Å². The average molecular weight is 589 g/mol. The Hall–Kier alpha value is -3.98. The van der Waals surface area contributed by atoms with Crippen LogP contribution < -0.4 is 9.47 Å². The lowest BCUT2D eigenvalue weighted by molar-refractivity contribution is 0.309. The molecule has 9 heteroatoms. The average Bonchev–Trinajstić information content (AvgIpc) is 3.65. The van der Waals surface area contributed by atoms with Gasteiger partial charge in [0.25, 0.3) is 0 Å². The van der Waals surface area contributed by atoms with Crippen LogP contribution in [0.1, 0.15) is 39.5 Å². The number of unbranched alkanes of at least 4 members (excludes halogenated alkanes) is 2. The molecule has 5 aromatic rings. The summed E-state index contributed by atoms with van der Waals surface area (Å²) in [6.45, 7) is 5.69. The van der Waals surface area contributed by atoms with E-state index in [9.17, 15) is 0 Å². The maximum absolute atomic E-state index is 5.97. The van der Waals surface area contributed by atoms with Gasteiger partial charge in [0.2, 0.25) is 23.6 Å². The number of nitrogens with zero attached hydrogens (tertiary/aromatic N) is 4. The van der Waals surface area contributed by atoms with Crippen molar-refractivity contribution in [3.05, 3.63) is 71.2 Å². The molecule has 0 aliphatic carbocycles. The van der Waals surface area contributed by atoms with Gasteiger partial charge in [0.1, 0.15) is 11.5 Å².